The molecule has 3 aromatic rings. The lowest BCUT2D eigenvalue weighted by Crippen LogP contribution is -2.35. The van der Waals surface area contributed by atoms with Gasteiger partial charge >= 0.3 is 0 Å². The largest absolute Gasteiger partial charge is 0.461 e. The number of hydrogen-bond donors (Lipinski definition) is 0. The third-order valence-corrected chi connectivity index (χ3v) is 6.92. The van der Waals surface area contributed by atoms with Gasteiger partial charge in [0.05, 0.1) is 12.6 Å². The van der Waals surface area contributed by atoms with Crippen molar-refractivity contribution < 1.29 is 28.3 Å². The highest BCUT2D eigenvalue weighted by Gasteiger charge is 2.52. The molecule has 4 rings (SSSR count). The Bertz CT molecular complexity index is 1370. The van der Waals surface area contributed by atoms with Crippen molar-refractivity contribution in [2.75, 3.05) is 32.2 Å². The van der Waals surface area contributed by atoms with Gasteiger partial charge in [-0.3, -0.25) is 24.1 Å². The number of likely N-dealkylation sites (N-methyl/N-ethyl adjacent to an activating group) is 1. The molecule has 1 aromatic heterocycles. The molecular weight excluding hydrogens is 496 g/mol. The zero-order valence-corrected chi connectivity index (χ0v) is 23.0. The minimum atomic E-state index is -1.22. The normalized spacial score (nSPS) is 17.2. The van der Waals surface area contributed by atoms with Crippen molar-refractivity contribution in [3.8, 4) is 11.3 Å². The summed E-state index contributed by atoms with van der Waals surface area (Å²) in [5.74, 6) is -1.88. The molecule has 0 radical (unpaired) electrons. The van der Waals surface area contributed by atoms with Crippen molar-refractivity contribution in [2.45, 2.75) is 33.2 Å². The fraction of sp³-hybridized carbons (Fsp3) is 0.355. The number of aryl methyl sites for hydroxylation is 1. The Balaban J connectivity index is 1.81. The van der Waals surface area contributed by atoms with Crippen molar-refractivity contribution in [1.82, 2.24) is 4.90 Å². The Morgan fingerprint density at radius 3 is 2.33 bits per heavy atom. The molecular formula is C31H34N2O6. The van der Waals surface area contributed by atoms with E-state index in [0.29, 0.717) is 35.7 Å². The van der Waals surface area contributed by atoms with Gasteiger partial charge < -0.3 is 14.1 Å². The summed E-state index contributed by atoms with van der Waals surface area (Å²) in [5, 5.41) is 0. The molecule has 0 spiro atoms. The van der Waals surface area contributed by atoms with Gasteiger partial charge in [-0.05, 0) is 60.9 Å². The average molecular weight is 531 g/mol. The fourth-order valence-electron chi connectivity index (χ4n) is 4.98. The van der Waals surface area contributed by atoms with Gasteiger partial charge in [0.2, 0.25) is 5.78 Å². The van der Waals surface area contributed by atoms with Crippen LogP contribution >= 0.6 is 0 Å². The van der Waals surface area contributed by atoms with Crippen LogP contribution in [0.5, 0.6) is 0 Å². The number of rotatable bonds is 10. The van der Waals surface area contributed by atoms with Crippen molar-refractivity contribution >= 4 is 29.1 Å². The summed E-state index contributed by atoms with van der Waals surface area (Å²) in [5.41, 5.74) is 2.06. The van der Waals surface area contributed by atoms with Crippen molar-refractivity contribution in [3.63, 3.8) is 0 Å². The molecule has 8 heteroatoms. The van der Waals surface area contributed by atoms with E-state index in [1.807, 2.05) is 32.9 Å². The summed E-state index contributed by atoms with van der Waals surface area (Å²) in [6.45, 7) is 6.36. The van der Waals surface area contributed by atoms with Gasteiger partial charge in [-0.2, -0.15) is 0 Å². The van der Waals surface area contributed by atoms with E-state index >= 15 is 0 Å². The lowest BCUT2D eigenvalue weighted by molar-refractivity contribution is -0.139. The number of hydrogen-bond acceptors (Lipinski definition) is 6. The van der Waals surface area contributed by atoms with Crippen LogP contribution in [0.1, 0.15) is 48.0 Å². The summed E-state index contributed by atoms with van der Waals surface area (Å²) in [7, 11) is 3.22. The number of furan rings is 1. The van der Waals surface area contributed by atoms with Crippen LogP contribution < -0.4 is 4.90 Å². The predicted molar refractivity (Wildman–Crippen MR) is 147 cm³/mol. The molecule has 1 aliphatic rings. The molecule has 2 unspecified atom stereocenters. The molecule has 2 atom stereocenters. The van der Waals surface area contributed by atoms with Crippen LogP contribution in [0, 0.1) is 18.8 Å². The van der Waals surface area contributed by atoms with Crippen LogP contribution in [0.25, 0.3) is 11.3 Å². The van der Waals surface area contributed by atoms with Crippen LogP contribution in [0.4, 0.5) is 5.69 Å². The third kappa shape index (κ3) is 5.71. The van der Waals surface area contributed by atoms with E-state index in [4.69, 9.17) is 9.15 Å². The number of nitrogens with zero attached hydrogens (tertiary/aromatic N) is 2. The monoisotopic (exact) mass is 530 g/mol. The fourth-order valence-corrected chi connectivity index (χ4v) is 4.98. The van der Waals surface area contributed by atoms with E-state index in [0.717, 1.165) is 11.3 Å². The number of Topliss-reactive ketones (excluding diaryl/α,β-unsaturated/α-hetero) is 2. The molecule has 0 bridgehead atoms. The second-order valence-corrected chi connectivity index (χ2v) is 10.3. The summed E-state index contributed by atoms with van der Waals surface area (Å²) < 4.78 is 10.8. The minimum absolute atomic E-state index is 0.00295. The third-order valence-electron chi connectivity index (χ3n) is 6.92. The molecule has 1 aliphatic heterocycles. The molecule has 2 amide bonds. The van der Waals surface area contributed by atoms with Gasteiger partial charge in [-0.25, -0.2) is 0 Å². The summed E-state index contributed by atoms with van der Waals surface area (Å²) in [6, 6.07) is 16.7. The topological polar surface area (TPSA) is 97.1 Å². The first-order valence-electron chi connectivity index (χ1n) is 13.0. The quantitative estimate of drug-likeness (QED) is 0.274. The number of amides is 2. The Morgan fingerprint density at radius 1 is 1.03 bits per heavy atom. The van der Waals surface area contributed by atoms with Gasteiger partial charge in [0.25, 0.3) is 11.8 Å². The number of carbonyl (C=O) groups is 4. The van der Waals surface area contributed by atoms with Gasteiger partial charge in [0.1, 0.15) is 23.2 Å². The maximum atomic E-state index is 13.5. The smallest absolute Gasteiger partial charge is 0.295 e. The van der Waals surface area contributed by atoms with Crippen molar-refractivity contribution in [2.24, 2.45) is 11.8 Å². The zero-order chi connectivity index (χ0) is 28.3. The molecule has 0 saturated carbocycles. The van der Waals surface area contributed by atoms with E-state index in [1.54, 1.807) is 62.7 Å². The summed E-state index contributed by atoms with van der Waals surface area (Å²) >= 11 is 0. The number of ether oxygens (including phenoxy) is 1. The first-order chi connectivity index (χ1) is 18.6. The summed E-state index contributed by atoms with van der Waals surface area (Å²) in [6.07, 6.45) is 0.147. The van der Waals surface area contributed by atoms with Crippen LogP contribution in [0.15, 0.2) is 65.1 Å². The lowest BCUT2D eigenvalue weighted by Gasteiger charge is -2.30. The Kier molecular flexibility index (Phi) is 8.45. The first-order valence-corrected chi connectivity index (χ1v) is 13.0. The number of anilines is 1. The Hall–Kier alpha value is -4.04. The minimum Gasteiger partial charge on any atom is -0.461 e. The maximum Gasteiger partial charge on any atom is 0.295 e. The maximum absolute atomic E-state index is 13.5. The number of carbonyl (C=O) groups excluding carboxylic acids is 4. The summed E-state index contributed by atoms with van der Waals surface area (Å²) in [4.78, 5) is 56.7. The molecule has 1 fully saturated rings. The van der Waals surface area contributed by atoms with Gasteiger partial charge in [-0.15, -0.1) is 0 Å². The molecule has 0 aliphatic carbocycles. The molecule has 8 nitrogen and oxygen atoms in total. The van der Waals surface area contributed by atoms with Gasteiger partial charge in [0.15, 0.2) is 0 Å². The molecule has 2 aromatic carbocycles. The van der Waals surface area contributed by atoms with E-state index in [-0.39, 0.29) is 24.0 Å². The standard InChI is InChI=1S/C31H34N2O6/c1-19(2)18-25(34)27-28(23-8-6-7-9-24(23)30(36)32(4)16-17-38-5)33(31(37)29(27)35)22-13-11-21(12-14-22)26-15-10-20(3)39-26/h6-15,19,27-28H,16-18H2,1-5H3. The predicted octanol–water partition coefficient (Wildman–Crippen LogP) is 4.86. The van der Waals surface area contributed by atoms with Crippen LogP contribution in [0.2, 0.25) is 0 Å². The van der Waals surface area contributed by atoms with Crippen LogP contribution in [0.3, 0.4) is 0 Å². The molecule has 204 valence electrons. The Morgan fingerprint density at radius 2 is 1.72 bits per heavy atom. The Labute approximate surface area is 228 Å². The van der Waals surface area contributed by atoms with Crippen molar-refractivity contribution in [3.05, 3.63) is 77.6 Å². The number of methoxy groups -OCH3 is 1. The van der Waals surface area contributed by atoms with Crippen LogP contribution in [-0.4, -0.2) is 55.6 Å². The highest BCUT2D eigenvalue weighted by molar-refractivity contribution is 6.48. The molecule has 0 N–H and O–H groups in total. The second-order valence-electron chi connectivity index (χ2n) is 10.3. The zero-order valence-electron chi connectivity index (χ0n) is 23.0. The van der Waals surface area contributed by atoms with E-state index in [9.17, 15) is 19.2 Å². The molecule has 39 heavy (non-hydrogen) atoms. The van der Waals surface area contributed by atoms with Gasteiger partial charge in [0, 0.05) is 43.9 Å². The highest BCUT2D eigenvalue weighted by Crippen LogP contribution is 2.42. The van der Waals surface area contributed by atoms with E-state index in [1.165, 1.54) is 9.80 Å². The van der Waals surface area contributed by atoms with Crippen LogP contribution in [-0.2, 0) is 19.1 Å². The van der Waals surface area contributed by atoms with Crippen molar-refractivity contribution in [1.29, 1.82) is 0 Å². The second kappa shape index (κ2) is 11.8. The molecule has 2 heterocycles. The number of benzene rings is 2. The first kappa shape index (κ1) is 28.0. The average Bonchev–Trinajstić information content (AvgIpc) is 3.47. The SMILES string of the molecule is COCCN(C)C(=O)c1ccccc1C1C(C(=O)CC(C)C)C(=O)C(=O)N1c1ccc(-c2ccc(C)o2)cc1. The van der Waals surface area contributed by atoms with E-state index in [2.05, 4.69) is 0 Å². The van der Waals surface area contributed by atoms with Gasteiger partial charge in [-0.1, -0.05) is 32.0 Å². The number of ketones is 2. The van der Waals surface area contributed by atoms with E-state index < -0.39 is 23.7 Å². The highest BCUT2D eigenvalue weighted by atomic mass is 16.5. The molecule has 1 saturated heterocycles. The lowest BCUT2D eigenvalue weighted by atomic mass is 9.84.